The maximum atomic E-state index is 12.6. The Morgan fingerprint density at radius 1 is 1.18 bits per heavy atom. The molecule has 1 aromatic heterocycles. The van der Waals surface area contributed by atoms with Crippen LogP contribution in [0.25, 0.3) is 0 Å². The lowest BCUT2D eigenvalue weighted by molar-refractivity contribution is 0.0730. The molecule has 0 unspecified atom stereocenters. The van der Waals surface area contributed by atoms with Gasteiger partial charge in [0, 0.05) is 31.9 Å². The molecule has 0 saturated carbocycles. The van der Waals surface area contributed by atoms with E-state index in [2.05, 4.69) is 16.8 Å². The number of aromatic nitrogens is 1. The van der Waals surface area contributed by atoms with Crippen LogP contribution in [0.2, 0.25) is 0 Å². The molecule has 2 saturated heterocycles. The van der Waals surface area contributed by atoms with Gasteiger partial charge in [0.25, 0.3) is 0 Å². The highest BCUT2D eigenvalue weighted by molar-refractivity contribution is 7.89. The Bertz CT molecular complexity index is 597. The zero-order valence-electron chi connectivity index (χ0n) is 12.9. The molecule has 0 bridgehead atoms. The first-order valence-corrected chi connectivity index (χ1v) is 9.33. The molecule has 6 nitrogen and oxygen atoms in total. The number of piperidine rings is 1. The van der Waals surface area contributed by atoms with E-state index >= 15 is 0 Å². The van der Waals surface area contributed by atoms with Crippen LogP contribution in [0, 0.1) is 0 Å². The van der Waals surface area contributed by atoms with Crippen molar-refractivity contribution in [1.82, 2.24) is 9.29 Å². The average molecular weight is 325 g/mol. The number of pyridine rings is 1. The first-order chi connectivity index (χ1) is 10.6. The van der Waals surface area contributed by atoms with E-state index in [9.17, 15) is 8.42 Å². The van der Waals surface area contributed by atoms with Crippen LogP contribution in [-0.2, 0) is 14.8 Å². The Hall–Kier alpha value is -1.18. The number of nitrogens with zero attached hydrogens (tertiary/aromatic N) is 3. The monoisotopic (exact) mass is 325 g/mol. The molecule has 1 aromatic rings. The van der Waals surface area contributed by atoms with E-state index < -0.39 is 10.0 Å². The molecule has 2 aliphatic rings. The first-order valence-electron chi connectivity index (χ1n) is 7.89. The molecule has 0 amide bonds. The molecule has 2 fully saturated rings. The van der Waals surface area contributed by atoms with Crippen molar-refractivity contribution in [3.63, 3.8) is 0 Å². The van der Waals surface area contributed by atoms with Crippen molar-refractivity contribution in [3.05, 3.63) is 18.3 Å². The highest BCUT2D eigenvalue weighted by Crippen LogP contribution is 2.24. The highest BCUT2D eigenvalue weighted by Gasteiger charge is 2.27. The molecule has 22 heavy (non-hydrogen) atoms. The fourth-order valence-electron chi connectivity index (χ4n) is 3.07. The zero-order chi connectivity index (χ0) is 15.6. The number of sulfonamides is 1. The molecule has 0 spiro atoms. The third-order valence-electron chi connectivity index (χ3n) is 4.43. The van der Waals surface area contributed by atoms with Gasteiger partial charge in [-0.2, -0.15) is 4.31 Å². The average Bonchev–Trinajstić information content (AvgIpc) is 2.56. The largest absolute Gasteiger partial charge is 0.379 e. The summed E-state index contributed by atoms with van der Waals surface area (Å²) in [5, 5.41) is 0. The number of morpholine rings is 1. The molecule has 0 aliphatic carbocycles. The standard InChI is InChI=1S/C15H23N3O3S/c1-13-4-2-3-7-18(13)15-6-5-14(12-16-15)22(19,20)17-8-10-21-11-9-17/h5-6,12-13H,2-4,7-11H2,1H3/t13-/m1/s1. The normalized spacial score (nSPS) is 24.4. The van der Waals surface area contributed by atoms with Gasteiger partial charge in [-0.15, -0.1) is 0 Å². The second-order valence-electron chi connectivity index (χ2n) is 5.91. The third-order valence-corrected chi connectivity index (χ3v) is 6.31. The van der Waals surface area contributed by atoms with Gasteiger partial charge in [0.2, 0.25) is 10.0 Å². The molecule has 2 aliphatic heterocycles. The van der Waals surface area contributed by atoms with Gasteiger partial charge >= 0.3 is 0 Å². The molecule has 0 radical (unpaired) electrons. The minimum atomic E-state index is -3.45. The van der Waals surface area contributed by atoms with Crippen molar-refractivity contribution in [2.24, 2.45) is 0 Å². The third kappa shape index (κ3) is 3.11. The van der Waals surface area contributed by atoms with Crippen molar-refractivity contribution in [3.8, 4) is 0 Å². The highest BCUT2D eigenvalue weighted by atomic mass is 32.2. The lowest BCUT2D eigenvalue weighted by Gasteiger charge is -2.34. The van der Waals surface area contributed by atoms with Crippen LogP contribution < -0.4 is 4.90 Å². The number of ether oxygens (including phenoxy) is 1. The van der Waals surface area contributed by atoms with Crippen LogP contribution in [-0.4, -0.2) is 56.6 Å². The van der Waals surface area contributed by atoms with E-state index in [-0.39, 0.29) is 4.90 Å². The molecular formula is C15H23N3O3S. The number of rotatable bonds is 3. The van der Waals surface area contributed by atoms with E-state index in [4.69, 9.17) is 4.74 Å². The van der Waals surface area contributed by atoms with E-state index in [0.717, 1.165) is 18.8 Å². The quantitative estimate of drug-likeness (QED) is 0.842. The Morgan fingerprint density at radius 2 is 1.95 bits per heavy atom. The maximum absolute atomic E-state index is 12.6. The molecular weight excluding hydrogens is 302 g/mol. The second kappa shape index (κ2) is 6.52. The summed E-state index contributed by atoms with van der Waals surface area (Å²) in [5.74, 6) is 0.869. The van der Waals surface area contributed by atoms with E-state index in [1.807, 2.05) is 6.07 Å². The summed E-state index contributed by atoms with van der Waals surface area (Å²) in [6.45, 7) is 4.91. The summed E-state index contributed by atoms with van der Waals surface area (Å²) in [4.78, 5) is 6.93. The molecule has 7 heteroatoms. The predicted octanol–water partition coefficient (Wildman–Crippen LogP) is 1.48. The van der Waals surface area contributed by atoms with Gasteiger partial charge in [-0.3, -0.25) is 0 Å². The summed E-state index contributed by atoms with van der Waals surface area (Å²) in [5.41, 5.74) is 0. The van der Waals surface area contributed by atoms with Gasteiger partial charge in [-0.25, -0.2) is 13.4 Å². The van der Waals surface area contributed by atoms with E-state index in [1.165, 1.54) is 23.3 Å². The molecule has 122 valence electrons. The topological polar surface area (TPSA) is 62.7 Å². The molecule has 0 N–H and O–H groups in total. The molecule has 1 atom stereocenters. The Morgan fingerprint density at radius 3 is 2.59 bits per heavy atom. The van der Waals surface area contributed by atoms with E-state index in [1.54, 1.807) is 6.07 Å². The second-order valence-corrected chi connectivity index (χ2v) is 7.84. The van der Waals surface area contributed by atoms with Crippen molar-refractivity contribution < 1.29 is 13.2 Å². The van der Waals surface area contributed by atoms with Crippen LogP contribution in [0.3, 0.4) is 0 Å². The van der Waals surface area contributed by atoms with E-state index in [0.29, 0.717) is 32.3 Å². The summed E-state index contributed by atoms with van der Waals surface area (Å²) in [7, 11) is -3.45. The Labute approximate surface area is 132 Å². The van der Waals surface area contributed by atoms with Gasteiger partial charge in [0.05, 0.1) is 13.2 Å². The molecule has 3 heterocycles. The van der Waals surface area contributed by atoms with Gasteiger partial charge in [0.15, 0.2) is 0 Å². The number of hydrogen-bond acceptors (Lipinski definition) is 5. The zero-order valence-corrected chi connectivity index (χ0v) is 13.8. The maximum Gasteiger partial charge on any atom is 0.244 e. The minimum Gasteiger partial charge on any atom is -0.379 e. The predicted molar refractivity (Wildman–Crippen MR) is 84.5 cm³/mol. The van der Waals surface area contributed by atoms with Crippen LogP contribution in [0.1, 0.15) is 26.2 Å². The summed E-state index contributed by atoms with van der Waals surface area (Å²) in [6, 6.07) is 3.96. The van der Waals surface area contributed by atoms with Crippen LogP contribution in [0.4, 0.5) is 5.82 Å². The van der Waals surface area contributed by atoms with Gasteiger partial charge in [0.1, 0.15) is 10.7 Å². The van der Waals surface area contributed by atoms with Gasteiger partial charge in [-0.05, 0) is 38.3 Å². The van der Waals surface area contributed by atoms with Crippen molar-refractivity contribution in [1.29, 1.82) is 0 Å². The smallest absolute Gasteiger partial charge is 0.244 e. The summed E-state index contributed by atoms with van der Waals surface area (Å²) in [6.07, 6.45) is 5.07. The Balaban J connectivity index is 1.78. The molecule has 0 aromatic carbocycles. The summed E-state index contributed by atoms with van der Waals surface area (Å²) < 4.78 is 31.8. The minimum absolute atomic E-state index is 0.266. The van der Waals surface area contributed by atoms with Crippen LogP contribution in [0.5, 0.6) is 0 Å². The van der Waals surface area contributed by atoms with Crippen LogP contribution >= 0.6 is 0 Å². The fourth-order valence-corrected chi connectivity index (χ4v) is 4.42. The summed E-state index contributed by atoms with van der Waals surface area (Å²) >= 11 is 0. The van der Waals surface area contributed by atoms with Gasteiger partial charge < -0.3 is 9.64 Å². The fraction of sp³-hybridized carbons (Fsp3) is 0.667. The lowest BCUT2D eigenvalue weighted by Crippen LogP contribution is -2.40. The first kappa shape index (κ1) is 15.7. The van der Waals surface area contributed by atoms with Crippen molar-refractivity contribution >= 4 is 15.8 Å². The van der Waals surface area contributed by atoms with Gasteiger partial charge in [-0.1, -0.05) is 0 Å². The number of anilines is 1. The molecule has 3 rings (SSSR count). The van der Waals surface area contributed by atoms with Crippen molar-refractivity contribution in [2.45, 2.75) is 37.1 Å². The number of hydrogen-bond donors (Lipinski definition) is 0. The van der Waals surface area contributed by atoms with Crippen molar-refractivity contribution in [2.75, 3.05) is 37.7 Å². The van der Waals surface area contributed by atoms with Crippen LogP contribution in [0.15, 0.2) is 23.2 Å². The lowest BCUT2D eigenvalue weighted by atomic mass is 10.0. The Kier molecular flexibility index (Phi) is 4.65. The SMILES string of the molecule is C[C@@H]1CCCCN1c1ccc(S(=O)(=O)N2CCOCC2)cn1.